The van der Waals surface area contributed by atoms with Crippen LogP contribution in [-0.2, 0) is 11.6 Å². The van der Waals surface area contributed by atoms with Gasteiger partial charge in [-0.05, 0) is 52.1 Å². The van der Waals surface area contributed by atoms with Crippen LogP contribution in [0.3, 0.4) is 0 Å². The minimum absolute atomic E-state index is 0.0911. The van der Waals surface area contributed by atoms with Crippen LogP contribution in [0, 0.1) is 0 Å². The highest BCUT2D eigenvalue weighted by atomic mass is 32.1. The third-order valence-corrected chi connectivity index (χ3v) is 6.46. The van der Waals surface area contributed by atoms with Crippen LogP contribution in [-0.4, -0.2) is 9.38 Å². The van der Waals surface area contributed by atoms with Gasteiger partial charge in [0.25, 0.3) is 0 Å². The Kier molecular flexibility index (Phi) is 4.03. The molecule has 2 aromatic heterocycles. The summed E-state index contributed by atoms with van der Waals surface area (Å²) in [5.41, 5.74) is 1.87. The van der Waals surface area contributed by atoms with E-state index in [9.17, 15) is 13.2 Å². The molecule has 0 bridgehead atoms. The van der Waals surface area contributed by atoms with Gasteiger partial charge in [0, 0.05) is 5.56 Å². The number of benzene rings is 3. The van der Waals surface area contributed by atoms with Crippen molar-refractivity contribution in [3.8, 4) is 11.4 Å². The van der Waals surface area contributed by atoms with Crippen molar-refractivity contribution in [3.05, 3.63) is 71.9 Å². The summed E-state index contributed by atoms with van der Waals surface area (Å²) in [6.07, 6.45) is -2.65. The minimum atomic E-state index is -4.38. The summed E-state index contributed by atoms with van der Waals surface area (Å²) in [5, 5.41) is 2.27. The predicted octanol–water partition coefficient (Wildman–Crippen LogP) is 7.69. The molecule has 0 aliphatic carbocycles. The number of alkyl halides is 3. The van der Waals surface area contributed by atoms with E-state index in [1.807, 2.05) is 16.5 Å². The van der Waals surface area contributed by atoms with E-state index >= 15 is 0 Å². The number of thiazole rings is 1. The maximum atomic E-state index is 13.3. The third-order valence-electron chi connectivity index (χ3n) is 5.40. The number of hydrogen-bond acceptors (Lipinski definition) is 2. The molecular formula is C24H19F3N2S. The molecule has 0 N–H and O–H groups in total. The Morgan fingerprint density at radius 3 is 2.43 bits per heavy atom. The molecule has 0 unspecified atom stereocenters. The SMILES string of the molecule is CC(C)(C)c1cc(-c2ncc3sc4ccc(C(F)(F)F)cc4n23)cc2ccccc12. The average molecular weight is 424 g/mol. The highest BCUT2D eigenvalue weighted by Crippen LogP contribution is 2.38. The Bertz CT molecular complexity index is 1420. The molecule has 0 saturated carbocycles. The summed E-state index contributed by atoms with van der Waals surface area (Å²) in [6.45, 7) is 6.49. The molecular weight excluding hydrogens is 405 g/mol. The minimum Gasteiger partial charge on any atom is -0.283 e. The van der Waals surface area contributed by atoms with Crippen molar-refractivity contribution < 1.29 is 13.2 Å². The van der Waals surface area contributed by atoms with Gasteiger partial charge in [-0.15, -0.1) is 11.3 Å². The number of aromatic nitrogens is 2. The summed E-state index contributed by atoms with van der Waals surface area (Å²) in [7, 11) is 0. The molecule has 0 aliphatic heterocycles. The van der Waals surface area contributed by atoms with E-state index in [0.29, 0.717) is 11.3 Å². The Morgan fingerprint density at radius 1 is 0.933 bits per heavy atom. The molecule has 0 aliphatic rings. The van der Waals surface area contributed by atoms with Crippen LogP contribution >= 0.6 is 11.3 Å². The summed E-state index contributed by atoms with van der Waals surface area (Å²) < 4.78 is 42.6. The Labute approximate surface area is 175 Å². The van der Waals surface area contributed by atoms with Crippen molar-refractivity contribution in [2.24, 2.45) is 0 Å². The van der Waals surface area contributed by atoms with Crippen molar-refractivity contribution >= 4 is 37.2 Å². The second-order valence-corrected chi connectivity index (χ2v) is 9.59. The summed E-state index contributed by atoms with van der Waals surface area (Å²) in [5.74, 6) is 0.659. The molecule has 5 rings (SSSR count). The largest absolute Gasteiger partial charge is 0.416 e. The van der Waals surface area contributed by atoms with Crippen LogP contribution < -0.4 is 0 Å². The topological polar surface area (TPSA) is 17.3 Å². The zero-order valence-corrected chi connectivity index (χ0v) is 17.5. The van der Waals surface area contributed by atoms with Gasteiger partial charge in [0.15, 0.2) is 0 Å². The number of imidazole rings is 1. The Morgan fingerprint density at radius 2 is 1.70 bits per heavy atom. The maximum Gasteiger partial charge on any atom is 0.416 e. The molecule has 0 atom stereocenters. The molecule has 0 radical (unpaired) electrons. The molecule has 2 heterocycles. The zero-order valence-electron chi connectivity index (χ0n) is 16.7. The van der Waals surface area contributed by atoms with Gasteiger partial charge in [-0.25, -0.2) is 4.98 Å². The van der Waals surface area contributed by atoms with Crippen molar-refractivity contribution in [2.75, 3.05) is 0 Å². The fraction of sp³-hybridized carbons (Fsp3) is 0.208. The van der Waals surface area contributed by atoms with Gasteiger partial charge >= 0.3 is 6.18 Å². The first-order valence-electron chi connectivity index (χ1n) is 9.64. The Balaban J connectivity index is 1.82. The fourth-order valence-corrected chi connectivity index (χ4v) is 4.97. The first-order valence-corrected chi connectivity index (χ1v) is 10.5. The van der Waals surface area contributed by atoms with E-state index in [4.69, 9.17) is 0 Å². The van der Waals surface area contributed by atoms with Gasteiger partial charge in [0.2, 0.25) is 0 Å². The lowest BCUT2D eigenvalue weighted by Gasteiger charge is -2.22. The van der Waals surface area contributed by atoms with Crippen LogP contribution in [0.1, 0.15) is 31.9 Å². The lowest BCUT2D eigenvalue weighted by atomic mass is 9.82. The highest BCUT2D eigenvalue weighted by Gasteiger charge is 2.31. The van der Waals surface area contributed by atoms with E-state index in [0.717, 1.165) is 26.5 Å². The van der Waals surface area contributed by atoms with Crippen LogP contribution in [0.15, 0.2) is 60.8 Å². The molecule has 0 saturated heterocycles. The van der Waals surface area contributed by atoms with Crippen molar-refractivity contribution in [3.63, 3.8) is 0 Å². The molecule has 0 fully saturated rings. The first-order chi connectivity index (χ1) is 14.1. The van der Waals surface area contributed by atoms with Crippen LogP contribution in [0.25, 0.3) is 37.2 Å². The van der Waals surface area contributed by atoms with Crippen LogP contribution in [0.4, 0.5) is 13.2 Å². The second kappa shape index (κ2) is 6.32. The van der Waals surface area contributed by atoms with E-state index in [1.54, 1.807) is 12.3 Å². The molecule has 30 heavy (non-hydrogen) atoms. The summed E-state index contributed by atoms with van der Waals surface area (Å²) >= 11 is 1.44. The van der Waals surface area contributed by atoms with Crippen LogP contribution in [0.2, 0.25) is 0 Å². The van der Waals surface area contributed by atoms with Crippen molar-refractivity contribution in [2.45, 2.75) is 32.4 Å². The molecule has 0 amide bonds. The van der Waals surface area contributed by atoms with E-state index in [1.165, 1.54) is 28.4 Å². The van der Waals surface area contributed by atoms with E-state index < -0.39 is 11.7 Å². The molecule has 6 heteroatoms. The number of nitrogens with zero attached hydrogens (tertiary/aromatic N) is 2. The normalized spacial score (nSPS) is 13.0. The summed E-state index contributed by atoms with van der Waals surface area (Å²) in [6, 6.07) is 16.3. The van der Waals surface area contributed by atoms with Gasteiger partial charge in [-0.3, -0.25) is 4.40 Å². The summed E-state index contributed by atoms with van der Waals surface area (Å²) in [4.78, 5) is 5.41. The molecule has 152 valence electrons. The van der Waals surface area contributed by atoms with Gasteiger partial charge in [0.05, 0.1) is 22.0 Å². The van der Waals surface area contributed by atoms with Gasteiger partial charge in [-0.2, -0.15) is 13.2 Å². The quantitative estimate of drug-likeness (QED) is 0.270. The second-order valence-electron chi connectivity index (χ2n) is 8.53. The number of halogens is 3. The van der Waals surface area contributed by atoms with Gasteiger partial charge in [0.1, 0.15) is 10.7 Å². The molecule has 0 spiro atoms. The lowest BCUT2D eigenvalue weighted by molar-refractivity contribution is -0.137. The van der Waals surface area contributed by atoms with E-state index in [-0.39, 0.29) is 5.41 Å². The predicted molar refractivity (Wildman–Crippen MR) is 117 cm³/mol. The molecule has 3 aromatic carbocycles. The third kappa shape index (κ3) is 2.98. The molecule has 2 nitrogen and oxygen atoms in total. The lowest BCUT2D eigenvalue weighted by Crippen LogP contribution is -2.12. The van der Waals surface area contributed by atoms with Crippen molar-refractivity contribution in [1.82, 2.24) is 9.38 Å². The Hall–Kier alpha value is -2.86. The standard InChI is InChI=1S/C24H19F3N2S/c1-23(2,3)18-11-15(10-14-6-4-5-7-17(14)18)22-28-13-21-29(22)19-12-16(24(25,26)27)8-9-20(19)30-21/h4-13H,1-3H3. The number of fused-ring (bicyclic) bond motifs is 4. The highest BCUT2D eigenvalue weighted by molar-refractivity contribution is 7.23. The smallest absolute Gasteiger partial charge is 0.283 e. The van der Waals surface area contributed by atoms with E-state index in [2.05, 4.69) is 50.0 Å². The van der Waals surface area contributed by atoms with Gasteiger partial charge < -0.3 is 0 Å². The number of hydrogen-bond donors (Lipinski definition) is 0. The van der Waals surface area contributed by atoms with Gasteiger partial charge in [-0.1, -0.05) is 45.0 Å². The molecule has 5 aromatic rings. The zero-order chi connectivity index (χ0) is 21.3. The van der Waals surface area contributed by atoms with Crippen LogP contribution in [0.5, 0.6) is 0 Å². The first kappa shape index (κ1) is 19.1. The number of rotatable bonds is 1. The van der Waals surface area contributed by atoms with Crippen molar-refractivity contribution in [1.29, 1.82) is 0 Å². The monoisotopic (exact) mass is 424 g/mol. The fourth-order valence-electron chi connectivity index (χ4n) is 3.97. The maximum absolute atomic E-state index is 13.3. The average Bonchev–Trinajstić information content (AvgIpc) is 3.24.